The molecular formula is C21H24O10. The summed E-state index contributed by atoms with van der Waals surface area (Å²) in [5.41, 5.74) is -0.0129. The number of hydrogen-bond donors (Lipinski definition) is 0. The maximum Gasteiger partial charge on any atom is 0.393 e. The van der Waals surface area contributed by atoms with Gasteiger partial charge in [0.25, 0.3) is 0 Å². The van der Waals surface area contributed by atoms with E-state index >= 15 is 0 Å². The minimum absolute atomic E-state index is 0.00644. The lowest BCUT2D eigenvalue weighted by Crippen LogP contribution is -2.49. The molecular weight excluding hydrogens is 412 g/mol. The van der Waals surface area contributed by atoms with Gasteiger partial charge in [0.2, 0.25) is 6.79 Å². The van der Waals surface area contributed by atoms with Crippen LogP contribution in [0.1, 0.15) is 66.7 Å². The lowest BCUT2D eigenvalue weighted by atomic mass is 9.96. The van der Waals surface area contributed by atoms with Crippen molar-refractivity contribution in [1.82, 2.24) is 0 Å². The number of benzene rings is 1. The van der Waals surface area contributed by atoms with E-state index in [1.165, 1.54) is 0 Å². The number of ketones is 2. The molecule has 0 N–H and O–H groups in total. The van der Waals surface area contributed by atoms with E-state index < -0.39 is 24.1 Å². The number of hydrogen-bond acceptors (Lipinski definition) is 10. The SMILES string of the molecule is CCCC(=O)c1c2c(c(C(=O)CCC)c3c1OC(CC(=O)OC)(C(=O)OC)O3)OCO2. The third-order valence-electron chi connectivity index (χ3n) is 4.87. The number of Topliss-reactive ketones (excluding diaryl/α,β-unsaturated/α-hetero) is 2. The highest BCUT2D eigenvalue weighted by Crippen LogP contribution is 2.56. The fourth-order valence-corrected chi connectivity index (χ4v) is 3.48. The highest BCUT2D eigenvalue weighted by molar-refractivity contribution is 6.10. The Morgan fingerprint density at radius 1 is 0.806 bits per heavy atom. The maximum atomic E-state index is 12.9. The van der Waals surface area contributed by atoms with E-state index in [4.69, 9.17) is 23.7 Å². The quantitative estimate of drug-likeness (QED) is 0.421. The van der Waals surface area contributed by atoms with Crippen molar-refractivity contribution < 1.29 is 47.6 Å². The highest BCUT2D eigenvalue weighted by Gasteiger charge is 2.56. The molecule has 10 nitrogen and oxygen atoms in total. The maximum absolute atomic E-state index is 12.9. The molecule has 1 aromatic carbocycles. The third-order valence-corrected chi connectivity index (χ3v) is 4.87. The molecule has 0 saturated carbocycles. The van der Waals surface area contributed by atoms with Gasteiger partial charge in [0, 0.05) is 12.8 Å². The molecule has 0 bridgehead atoms. The van der Waals surface area contributed by atoms with Gasteiger partial charge in [-0.05, 0) is 12.8 Å². The normalized spacial score (nSPS) is 14.8. The first-order valence-electron chi connectivity index (χ1n) is 9.92. The molecule has 0 aromatic heterocycles. The molecule has 0 saturated heterocycles. The molecule has 10 heteroatoms. The molecule has 0 aliphatic carbocycles. The van der Waals surface area contributed by atoms with Crippen LogP contribution in [-0.2, 0) is 19.1 Å². The summed E-state index contributed by atoms with van der Waals surface area (Å²) in [4.78, 5) is 50.5. The summed E-state index contributed by atoms with van der Waals surface area (Å²) in [6.45, 7) is 3.45. The van der Waals surface area contributed by atoms with Gasteiger partial charge < -0.3 is 28.4 Å². The van der Waals surface area contributed by atoms with Gasteiger partial charge in [-0.25, -0.2) is 4.79 Å². The monoisotopic (exact) mass is 436 g/mol. The zero-order valence-corrected chi connectivity index (χ0v) is 17.8. The molecule has 0 radical (unpaired) electrons. The van der Waals surface area contributed by atoms with Gasteiger partial charge in [0.05, 0.1) is 14.2 Å². The molecule has 2 heterocycles. The number of ether oxygens (including phenoxy) is 6. The number of carbonyl (C=O) groups excluding carboxylic acids is 4. The first kappa shape index (κ1) is 22.4. The zero-order valence-electron chi connectivity index (χ0n) is 17.8. The molecule has 0 spiro atoms. The van der Waals surface area contributed by atoms with Crippen LogP contribution in [0.2, 0.25) is 0 Å². The second kappa shape index (κ2) is 8.83. The van der Waals surface area contributed by atoms with Crippen molar-refractivity contribution in [2.45, 2.75) is 51.7 Å². The Morgan fingerprint density at radius 3 is 1.68 bits per heavy atom. The predicted octanol–water partition coefficient (Wildman–Crippen LogP) is 2.58. The minimum atomic E-state index is -2.26. The summed E-state index contributed by atoms with van der Waals surface area (Å²) in [5, 5.41) is 0. The molecule has 168 valence electrons. The van der Waals surface area contributed by atoms with E-state index in [0.29, 0.717) is 12.8 Å². The van der Waals surface area contributed by atoms with E-state index in [9.17, 15) is 19.2 Å². The van der Waals surface area contributed by atoms with Gasteiger partial charge >= 0.3 is 17.7 Å². The fraction of sp³-hybridized carbons (Fsp3) is 0.524. The van der Waals surface area contributed by atoms with Crippen molar-refractivity contribution in [2.75, 3.05) is 21.0 Å². The Balaban J connectivity index is 2.26. The molecule has 2 aliphatic rings. The van der Waals surface area contributed by atoms with Gasteiger partial charge in [-0.15, -0.1) is 0 Å². The summed E-state index contributed by atoms with van der Waals surface area (Å²) in [5.74, 6) is -5.01. The van der Waals surface area contributed by atoms with Crippen LogP contribution >= 0.6 is 0 Å². The van der Waals surface area contributed by atoms with Gasteiger partial charge in [-0.3, -0.25) is 14.4 Å². The zero-order chi connectivity index (χ0) is 22.8. The van der Waals surface area contributed by atoms with Gasteiger partial charge in [-0.2, -0.15) is 0 Å². The Labute approximate surface area is 178 Å². The van der Waals surface area contributed by atoms with Crippen molar-refractivity contribution in [3.63, 3.8) is 0 Å². The summed E-state index contributed by atoms with van der Waals surface area (Å²) in [6, 6.07) is 0. The second-order valence-electron chi connectivity index (χ2n) is 7.02. The second-order valence-corrected chi connectivity index (χ2v) is 7.02. The van der Waals surface area contributed by atoms with E-state index in [0.717, 1.165) is 14.2 Å². The molecule has 0 amide bonds. The van der Waals surface area contributed by atoms with Crippen LogP contribution in [0, 0.1) is 0 Å². The van der Waals surface area contributed by atoms with Crippen molar-refractivity contribution in [3.8, 4) is 23.0 Å². The Bertz CT molecular complexity index is 878. The lowest BCUT2D eigenvalue weighted by Gasteiger charge is -2.23. The van der Waals surface area contributed by atoms with Crippen molar-refractivity contribution in [2.24, 2.45) is 0 Å². The minimum Gasteiger partial charge on any atom is -0.469 e. The number of methoxy groups -OCH3 is 2. The Kier molecular flexibility index (Phi) is 6.37. The third kappa shape index (κ3) is 3.77. The van der Waals surface area contributed by atoms with Crippen LogP contribution in [0.25, 0.3) is 0 Å². The molecule has 0 atom stereocenters. The first-order valence-corrected chi connectivity index (χ1v) is 9.92. The first-order chi connectivity index (χ1) is 14.8. The van der Waals surface area contributed by atoms with Gasteiger partial charge in [-0.1, -0.05) is 13.8 Å². The summed E-state index contributed by atoms with van der Waals surface area (Å²) < 4.78 is 32.1. The van der Waals surface area contributed by atoms with Crippen molar-refractivity contribution in [3.05, 3.63) is 11.1 Å². The molecule has 0 unspecified atom stereocenters. The van der Waals surface area contributed by atoms with E-state index in [1.54, 1.807) is 0 Å². The topological polar surface area (TPSA) is 124 Å². The number of fused-ring (bicyclic) bond motifs is 2. The Hall–Kier alpha value is -3.30. The van der Waals surface area contributed by atoms with E-state index in [2.05, 4.69) is 4.74 Å². The molecule has 31 heavy (non-hydrogen) atoms. The summed E-state index contributed by atoms with van der Waals surface area (Å²) >= 11 is 0. The average Bonchev–Trinajstić information content (AvgIpc) is 3.36. The van der Waals surface area contributed by atoms with Gasteiger partial charge in [0.15, 0.2) is 34.6 Å². The van der Waals surface area contributed by atoms with Crippen LogP contribution in [0.3, 0.4) is 0 Å². The van der Waals surface area contributed by atoms with Crippen LogP contribution in [-0.4, -0.2) is 50.3 Å². The van der Waals surface area contributed by atoms with Gasteiger partial charge in [0.1, 0.15) is 17.5 Å². The average molecular weight is 436 g/mol. The molecule has 3 rings (SSSR count). The molecule has 0 fully saturated rings. The lowest BCUT2D eigenvalue weighted by molar-refractivity contribution is -0.187. The predicted molar refractivity (Wildman–Crippen MR) is 104 cm³/mol. The fourth-order valence-electron chi connectivity index (χ4n) is 3.48. The number of esters is 2. The van der Waals surface area contributed by atoms with E-state index in [1.807, 2.05) is 13.8 Å². The van der Waals surface area contributed by atoms with Crippen molar-refractivity contribution in [1.29, 1.82) is 0 Å². The van der Waals surface area contributed by atoms with Crippen LogP contribution in [0.5, 0.6) is 23.0 Å². The smallest absolute Gasteiger partial charge is 0.393 e. The summed E-state index contributed by atoms with van der Waals surface area (Å²) in [7, 11) is 2.23. The number of rotatable bonds is 9. The summed E-state index contributed by atoms with van der Waals surface area (Å²) in [6.07, 6.45) is 0.696. The molecule has 1 aromatic rings. The Morgan fingerprint density at radius 2 is 1.29 bits per heavy atom. The molecule has 2 aliphatic heterocycles. The number of carbonyl (C=O) groups is 4. The van der Waals surface area contributed by atoms with Crippen LogP contribution in [0.15, 0.2) is 0 Å². The highest BCUT2D eigenvalue weighted by atomic mass is 16.8. The van der Waals surface area contributed by atoms with Crippen molar-refractivity contribution >= 4 is 23.5 Å². The standard InChI is InChI=1S/C21H24O10/c1-5-7-11(22)14-16-17(29-10-28-16)15(12(23)8-6-2)19-18(14)30-21(31-19,20(25)27-4)9-13(24)26-3/h5-10H2,1-4H3. The van der Waals surface area contributed by atoms with Crippen LogP contribution < -0.4 is 18.9 Å². The van der Waals surface area contributed by atoms with Crippen LogP contribution in [0.4, 0.5) is 0 Å². The van der Waals surface area contributed by atoms with E-state index in [-0.39, 0.29) is 65.3 Å². The largest absolute Gasteiger partial charge is 0.469 e.